The van der Waals surface area contributed by atoms with Gasteiger partial charge in [-0.05, 0) is 19.4 Å². The Labute approximate surface area is 272 Å². The standard InChI is InChI=1S/C23H22O8.C11H21NO4/c1-9(2)22(29)23(30)7-11-14(12(24)8-23)20(27)17-16(19(11)26)18(25)10-5-4-6-13(31-3)15(10)21(17)28;1-8-11(13)9(3-5-15-8)12-4-6-16-10(7-12)14-2/h4-6,9,12,24,26-27,30H,7-8H2,1-3H3;8-11,13H,3-7H2,1-2H3. The molecule has 0 spiro atoms. The third-order valence-corrected chi connectivity index (χ3v) is 9.55. The lowest BCUT2D eigenvalue weighted by Gasteiger charge is -2.43. The Bertz CT molecular complexity index is 1560. The van der Waals surface area contributed by atoms with Crippen LogP contribution in [0.3, 0.4) is 0 Å². The molecule has 0 bridgehead atoms. The quantitative estimate of drug-likeness (QED) is 0.249. The highest BCUT2D eigenvalue weighted by Crippen LogP contribution is 2.51. The highest BCUT2D eigenvalue weighted by atomic mass is 16.7. The molecule has 2 saturated heterocycles. The smallest absolute Gasteiger partial charge is 0.202 e. The largest absolute Gasteiger partial charge is 0.507 e. The minimum atomic E-state index is -1.98. The van der Waals surface area contributed by atoms with Crippen LogP contribution in [-0.4, -0.2) is 118 Å². The summed E-state index contributed by atoms with van der Waals surface area (Å²) < 4.78 is 21.2. The third-order valence-electron chi connectivity index (χ3n) is 9.55. The summed E-state index contributed by atoms with van der Waals surface area (Å²) in [6.07, 6.45) is -2.14. The minimum Gasteiger partial charge on any atom is -0.507 e. The highest BCUT2D eigenvalue weighted by molar-refractivity contribution is 6.31. The zero-order valence-corrected chi connectivity index (χ0v) is 27.2. The van der Waals surface area contributed by atoms with Gasteiger partial charge in [0.15, 0.2) is 17.9 Å². The molecule has 0 radical (unpaired) electrons. The van der Waals surface area contributed by atoms with E-state index in [0.29, 0.717) is 6.61 Å². The predicted octanol–water partition coefficient (Wildman–Crippen LogP) is 1.65. The number of Topliss-reactive ketones (excluding diaryl/α,β-unsaturated/α-hetero) is 1. The lowest BCUT2D eigenvalue weighted by atomic mass is 9.70. The number of hydrogen-bond acceptors (Lipinski definition) is 13. The molecule has 4 aliphatic rings. The number of aliphatic hydroxyl groups is 3. The number of fused-ring (bicyclic) bond motifs is 3. The van der Waals surface area contributed by atoms with Crippen LogP contribution in [0.4, 0.5) is 0 Å². The lowest BCUT2D eigenvalue weighted by molar-refractivity contribution is -0.190. The van der Waals surface area contributed by atoms with Crippen LogP contribution in [-0.2, 0) is 25.4 Å². The van der Waals surface area contributed by atoms with Crippen molar-refractivity contribution in [3.63, 3.8) is 0 Å². The van der Waals surface area contributed by atoms with Crippen molar-refractivity contribution in [3.05, 3.63) is 51.6 Å². The van der Waals surface area contributed by atoms with Crippen LogP contribution in [0.1, 0.15) is 82.7 Å². The number of ketones is 3. The lowest BCUT2D eigenvalue weighted by Crippen LogP contribution is -2.57. The average molecular weight is 658 g/mol. The molecular weight excluding hydrogens is 614 g/mol. The second-order valence-corrected chi connectivity index (χ2v) is 12.8. The summed E-state index contributed by atoms with van der Waals surface area (Å²) in [6.45, 7) is 8.08. The number of hydrogen-bond donors (Lipinski definition) is 5. The second-order valence-electron chi connectivity index (χ2n) is 12.8. The van der Waals surface area contributed by atoms with Crippen molar-refractivity contribution in [2.45, 2.75) is 76.3 Å². The molecule has 0 amide bonds. The fourth-order valence-electron chi connectivity index (χ4n) is 7.10. The van der Waals surface area contributed by atoms with Crippen molar-refractivity contribution in [1.29, 1.82) is 0 Å². The van der Waals surface area contributed by atoms with Crippen molar-refractivity contribution in [2.24, 2.45) is 5.92 Å². The van der Waals surface area contributed by atoms with Gasteiger partial charge < -0.3 is 44.5 Å². The van der Waals surface area contributed by atoms with Crippen LogP contribution >= 0.6 is 0 Å². The van der Waals surface area contributed by atoms with E-state index in [-0.39, 0.29) is 46.4 Å². The van der Waals surface area contributed by atoms with Gasteiger partial charge >= 0.3 is 0 Å². The fraction of sp³-hybridized carbons (Fsp3) is 0.559. The highest BCUT2D eigenvalue weighted by Gasteiger charge is 2.49. The van der Waals surface area contributed by atoms with E-state index >= 15 is 0 Å². The molecule has 2 fully saturated rings. The molecule has 5 N–H and O–H groups in total. The summed E-state index contributed by atoms with van der Waals surface area (Å²) in [5, 5.41) is 53.6. The Morgan fingerprint density at radius 2 is 1.72 bits per heavy atom. The van der Waals surface area contributed by atoms with Gasteiger partial charge in [0.05, 0.1) is 48.7 Å². The Hall–Kier alpha value is -3.43. The van der Waals surface area contributed by atoms with Gasteiger partial charge in [-0.15, -0.1) is 0 Å². The van der Waals surface area contributed by atoms with Crippen molar-refractivity contribution in [2.75, 3.05) is 40.5 Å². The second kappa shape index (κ2) is 13.6. The fourth-order valence-corrected chi connectivity index (χ4v) is 7.10. The normalized spacial score (nSPS) is 28.9. The number of carbonyl (C=O) groups is 3. The number of nitrogens with zero attached hydrogens (tertiary/aromatic N) is 1. The summed E-state index contributed by atoms with van der Waals surface area (Å²) in [5.74, 6) is -3.68. The van der Waals surface area contributed by atoms with Gasteiger partial charge in [0.1, 0.15) is 22.8 Å². The number of carbonyl (C=O) groups excluding carboxylic acids is 3. The number of morpholine rings is 1. The number of benzene rings is 2. The number of ether oxygens (including phenoxy) is 4. The Morgan fingerprint density at radius 1 is 1.02 bits per heavy atom. The van der Waals surface area contributed by atoms with E-state index in [4.69, 9.17) is 18.9 Å². The molecule has 13 nitrogen and oxygen atoms in total. The number of aliphatic hydroxyl groups excluding tert-OH is 2. The van der Waals surface area contributed by atoms with E-state index < -0.39 is 76.5 Å². The van der Waals surface area contributed by atoms with Gasteiger partial charge in [-0.2, -0.15) is 0 Å². The zero-order chi connectivity index (χ0) is 34.4. The van der Waals surface area contributed by atoms with Crippen LogP contribution in [0.15, 0.2) is 18.2 Å². The molecule has 0 aromatic heterocycles. The molecule has 2 aliphatic carbocycles. The van der Waals surface area contributed by atoms with Crippen LogP contribution < -0.4 is 4.74 Å². The predicted molar refractivity (Wildman–Crippen MR) is 166 cm³/mol. The summed E-state index contributed by atoms with van der Waals surface area (Å²) in [7, 11) is 2.99. The van der Waals surface area contributed by atoms with Crippen LogP contribution in [0.5, 0.6) is 17.2 Å². The maximum absolute atomic E-state index is 13.2. The Kier molecular flexibility index (Phi) is 10.1. The SMILES string of the molecule is COC1CN(C2CCOC(C)C2O)CCO1.COc1cccc2c1C(=O)c1c(O)c3c(c(O)c1C2=O)CC(O)(C(=O)C(C)C)CC3O. The maximum atomic E-state index is 13.2. The van der Waals surface area contributed by atoms with Crippen LogP contribution in [0, 0.1) is 5.92 Å². The van der Waals surface area contributed by atoms with Crippen molar-refractivity contribution >= 4 is 17.3 Å². The van der Waals surface area contributed by atoms with Gasteiger partial charge in [-0.1, -0.05) is 26.0 Å². The van der Waals surface area contributed by atoms with E-state index in [2.05, 4.69) is 4.90 Å². The molecule has 6 rings (SSSR count). The molecule has 2 aromatic carbocycles. The molecule has 6 unspecified atom stereocenters. The average Bonchev–Trinajstić information content (AvgIpc) is 3.05. The van der Waals surface area contributed by atoms with Crippen molar-refractivity contribution < 1.29 is 58.9 Å². The van der Waals surface area contributed by atoms with E-state index in [0.717, 1.165) is 26.1 Å². The van der Waals surface area contributed by atoms with E-state index in [9.17, 15) is 39.9 Å². The molecular formula is C34H43NO12. The number of phenolic OH excluding ortho intramolecular Hbond substituents is 2. The number of aromatic hydroxyl groups is 2. The molecule has 6 atom stereocenters. The molecule has 2 heterocycles. The van der Waals surface area contributed by atoms with Gasteiger partial charge in [0.2, 0.25) is 5.78 Å². The molecule has 47 heavy (non-hydrogen) atoms. The van der Waals surface area contributed by atoms with E-state index in [1.807, 2.05) is 6.92 Å². The zero-order valence-electron chi connectivity index (χ0n) is 27.2. The summed E-state index contributed by atoms with van der Waals surface area (Å²) in [6, 6.07) is 4.60. The minimum absolute atomic E-state index is 0.00336. The van der Waals surface area contributed by atoms with Gasteiger partial charge in [0, 0.05) is 68.3 Å². The molecule has 256 valence electrons. The van der Waals surface area contributed by atoms with Gasteiger partial charge in [0.25, 0.3) is 0 Å². The van der Waals surface area contributed by atoms with E-state index in [1.165, 1.54) is 25.3 Å². The van der Waals surface area contributed by atoms with E-state index in [1.54, 1.807) is 21.0 Å². The first-order valence-corrected chi connectivity index (χ1v) is 15.8. The van der Waals surface area contributed by atoms with Gasteiger partial charge in [-0.3, -0.25) is 19.3 Å². The first-order chi connectivity index (χ1) is 22.2. The summed E-state index contributed by atoms with van der Waals surface area (Å²) >= 11 is 0. The number of rotatable bonds is 5. The topological polar surface area (TPSA) is 193 Å². The van der Waals surface area contributed by atoms with Crippen molar-refractivity contribution in [1.82, 2.24) is 4.90 Å². The molecule has 2 aromatic rings. The summed E-state index contributed by atoms with van der Waals surface area (Å²) in [4.78, 5) is 41.3. The van der Waals surface area contributed by atoms with Crippen molar-refractivity contribution in [3.8, 4) is 17.2 Å². The monoisotopic (exact) mass is 657 g/mol. The molecule has 13 heteroatoms. The summed E-state index contributed by atoms with van der Waals surface area (Å²) in [5.41, 5.74) is -3.18. The molecule has 0 saturated carbocycles. The van der Waals surface area contributed by atoms with Crippen LogP contribution in [0.25, 0.3) is 0 Å². The maximum Gasteiger partial charge on any atom is 0.202 e. The first-order valence-electron chi connectivity index (χ1n) is 15.8. The Morgan fingerprint density at radius 3 is 2.38 bits per heavy atom. The van der Waals surface area contributed by atoms with Crippen LogP contribution in [0.2, 0.25) is 0 Å². The van der Waals surface area contributed by atoms with Gasteiger partial charge in [-0.25, -0.2) is 0 Å². The number of phenols is 2. The molecule has 2 aliphatic heterocycles. The third kappa shape index (κ3) is 6.17. The Balaban J connectivity index is 0.000000227. The first kappa shape index (κ1) is 34.9. The number of methoxy groups -OCH3 is 2.